The predicted molar refractivity (Wildman–Crippen MR) is 89.0 cm³/mol. The first kappa shape index (κ1) is 16.1. The number of hydrogen-bond acceptors (Lipinski definition) is 4. The third kappa shape index (κ3) is 2.05. The summed E-state index contributed by atoms with van der Waals surface area (Å²) in [6.07, 6.45) is 5.36. The van der Waals surface area contributed by atoms with E-state index >= 15 is 0 Å². The fraction of sp³-hybridized carbons (Fsp3) is 0.400. The summed E-state index contributed by atoms with van der Waals surface area (Å²) in [5.74, 6) is -3.06. The largest absolute Gasteiger partial charge is 0.550 e. The third-order valence-corrected chi connectivity index (χ3v) is 5.82. The molecule has 5 nitrogen and oxygen atoms in total. The molecule has 5 heteroatoms. The SMILES string of the molecule is C=CC[C@@H]1N([C@@H](C)c2ccccc2)C(=O)[C@@H]2[C@@H](C(=O)[O-])[C@H]3C=C[C@]21O3. The minimum atomic E-state index is -1.22. The number of aliphatic carboxylic acids is 1. The monoisotopic (exact) mass is 338 g/mol. The van der Waals surface area contributed by atoms with Gasteiger partial charge >= 0.3 is 0 Å². The standard InChI is InChI=1S/C20H21NO4/c1-3-7-15-20-11-10-14(25-20)16(19(23)24)17(20)18(22)21(15)12(2)13-8-5-4-6-9-13/h3-6,8-12,14-17H,1,7H2,2H3,(H,23,24)/p-1/t12-,14+,15-,16-,17-,20+/m0/s1. The van der Waals surface area contributed by atoms with Gasteiger partial charge in [-0.2, -0.15) is 0 Å². The smallest absolute Gasteiger partial charge is 0.230 e. The van der Waals surface area contributed by atoms with Crippen molar-refractivity contribution in [3.8, 4) is 0 Å². The van der Waals surface area contributed by atoms with Crippen LogP contribution in [0.5, 0.6) is 0 Å². The second-order valence-corrected chi connectivity index (χ2v) is 6.99. The molecule has 0 N–H and O–H groups in total. The zero-order valence-electron chi connectivity index (χ0n) is 14.0. The van der Waals surface area contributed by atoms with Crippen molar-refractivity contribution in [3.05, 3.63) is 60.7 Å². The molecule has 4 rings (SSSR count). The molecule has 1 amide bonds. The first-order valence-corrected chi connectivity index (χ1v) is 8.57. The number of fused-ring (bicyclic) bond motifs is 1. The van der Waals surface area contributed by atoms with Crippen molar-refractivity contribution in [1.29, 1.82) is 0 Å². The third-order valence-electron chi connectivity index (χ3n) is 5.82. The average molecular weight is 338 g/mol. The number of nitrogens with zero attached hydrogens (tertiary/aromatic N) is 1. The molecule has 0 aliphatic carbocycles. The normalized spacial score (nSPS) is 36.5. The number of hydrogen-bond donors (Lipinski definition) is 0. The number of ether oxygens (including phenoxy) is 1. The molecule has 2 bridgehead atoms. The Morgan fingerprint density at radius 1 is 1.44 bits per heavy atom. The minimum Gasteiger partial charge on any atom is -0.550 e. The van der Waals surface area contributed by atoms with Crippen LogP contribution in [0.25, 0.3) is 0 Å². The maximum Gasteiger partial charge on any atom is 0.230 e. The van der Waals surface area contributed by atoms with E-state index in [1.165, 1.54) is 0 Å². The lowest BCUT2D eigenvalue weighted by Gasteiger charge is -2.36. The van der Waals surface area contributed by atoms with E-state index in [1.54, 1.807) is 17.1 Å². The van der Waals surface area contributed by atoms with Gasteiger partial charge in [0, 0.05) is 11.9 Å². The van der Waals surface area contributed by atoms with E-state index < -0.39 is 29.5 Å². The van der Waals surface area contributed by atoms with Crippen molar-refractivity contribution in [2.24, 2.45) is 11.8 Å². The lowest BCUT2D eigenvalue weighted by atomic mass is 9.74. The highest BCUT2D eigenvalue weighted by molar-refractivity contribution is 5.91. The molecule has 0 unspecified atom stereocenters. The van der Waals surface area contributed by atoms with Crippen LogP contribution in [0.4, 0.5) is 0 Å². The van der Waals surface area contributed by atoms with Crippen LogP contribution in [0, 0.1) is 11.8 Å². The number of carboxylic acid groups (broad SMARTS) is 1. The van der Waals surface area contributed by atoms with Crippen LogP contribution in [0.3, 0.4) is 0 Å². The fourth-order valence-electron chi connectivity index (χ4n) is 4.75. The van der Waals surface area contributed by atoms with Crippen molar-refractivity contribution < 1.29 is 19.4 Å². The number of amides is 1. The van der Waals surface area contributed by atoms with E-state index in [0.717, 1.165) is 5.56 Å². The molecule has 0 aromatic heterocycles. The highest BCUT2D eigenvalue weighted by atomic mass is 16.5. The molecule has 1 aromatic rings. The maximum atomic E-state index is 13.3. The summed E-state index contributed by atoms with van der Waals surface area (Å²) in [4.78, 5) is 26.7. The molecule has 6 atom stereocenters. The van der Waals surface area contributed by atoms with E-state index in [4.69, 9.17) is 4.74 Å². The zero-order chi connectivity index (χ0) is 17.8. The lowest BCUT2D eigenvalue weighted by molar-refractivity contribution is -0.313. The summed E-state index contributed by atoms with van der Waals surface area (Å²) < 4.78 is 6.07. The van der Waals surface area contributed by atoms with Gasteiger partial charge in [0.1, 0.15) is 5.60 Å². The zero-order valence-corrected chi connectivity index (χ0v) is 14.0. The molecule has 1 spiro atoms. The van der Waals surface area contributed by atoms with Gasteiger partial charge in [-0.25, -0.2) is 0 Å². The Hall–Kier alpha value is -2.40. The second-order valence-electron chi connectivity index (χ2n) is 6.99. The van der Waals surface area contributed by atoms with Gasteiger partial charge in [-0.1, -0.05) is 48.6 Å². The summed E-state index contributed by atoms with van der Waals surface area (Å²) in [6, 6.07) is 9.27. The maximum absolute atomic E-state index is 13.3. The van der Waals surface area contributed by atoms with Crippen LogP contribution in [0.1, 0.15) is 24.9 Å². The first-order chi connectivity index (χ1) is 12.0. The topological polar surface area (TPSA) is 69.7 Å². The molecule has 3 heterocycles. The minimum absolute atomic E-state index is 0.177. The van der Waals surface area contributed by atoms with Crippen molar-refractivity contribution in [2.75, 3.05) is 0 Å². The number of rotatable bonds is 5. The highest BCUT2D eigenvalue weighted by Crippen LogP contribution is 2.57. The first-order valence-electron chi connectivity index (χ1n) is 8.57. The van der Waals surface area contributed by atoms with Gasteiger partial charge < -0.3 is 19.5 Å². The summed E-state index contributed by atoms with van der Waals surface area (Å²) in [7, 11) is 0. The highest BCUT2D eigenvalue weighted by Gasteiger charge is 2.69. The van der Waals surface area contributed by atoms with Gasteiger partial charge in [-0.05, 0) is 18.9 Å². The van der Waals surface area contributed by atoms with Crippen LogP contribution < -0.4 is 5.11 Å². The molecule has 2 fully saturated rings. The van der Waals surface area contributed by atoms with Crippen LogP contribution in [-0.4, -0.2) is 34.5 Å². The number of carbonyl (C=O) groups excluding carboxylic acids is 2. The number of benzene rings is 1. The average Bonchev–Trinajstić information content (AvgIpc) is 3.24. The van der Waals surface area contributed by atoms with Crippen molar-refractivity contribution in [3.63, 3.8) is 0 Å². The molecule has 1 aromatic carbocycles. The summed E-state index contributed by atoms with van der Waals surface area (Å²) >= 11 is 0. The van der Waals surface area contributed by atoms with Gasteiger partial charge in [0.2, 0.25) is 5.91 Å². The Morgan fingerprint density at radius 2 is 2.16 bits per heavy atom. The molecule has 3 aliphatic rings. The Balaban J connectivity index is 1.78. The van der Waals surface area contributed by atoms with E-state index in [2.05, 4.69) is 6.58 Å². The molecule has 0 radical (unpaired) electrons. The van der Waals surface area contributed by atoms with Crippen LogP contribution >= 0.6 is 0 Å². The molecule has 25 heavy (non-hydrogen) atoms. The Kier molecular flexibility index (Phi) is 3.58. The predicted octanol–water partition coefficient (Wildman–Crippen LogP) is 1.22. The van der Waals surface area contributed by atoms with E-state index in [0.29, 0.717) is 6.42 Å². The van der Waals surface area contributed by atoms with E-state index in [9.17, 15) is 14.7 Å². The van der Waals surface area contributed by atoms with Gasteiger partial charge in [0.05, 0.1) is 24.1 Å². The van der Waals surface area contributed by atoms with Gasteiger partial charge in [-0.15, -0.1) is 6.58 Å². The van der Waals surface area contributed by atoms with Crippen molar-refractivity contribution >= 4 is 11.9 Å². The van der Waals surface area contributed by atoms with Gasteiger partial charge in [0.25, 0.3) is 0 Å². The summed E-state index contributed by atoms with van der Waals surface area (Å²) in [6.45, 7) is 5.78. The molecular weight excluding hydrogens is 318 g/mol. The molecule has 2 saturated heterocycles. The second kappa shape index (κ2) is 5.56. The summed E-state index contributed by atoms with van der Waals surface area (Å²) in [5, 5.41) is 11.7. The number of carbonyl (C=O) groups is 2. The van der Waals surface area contributed by atoms with Gasteiger partial charge in [-0.3, -0.25) is 4.79 Å². The number of likely N-dealkylation sites (tertiary alicyclic amines) is 1. The quantitative estimate of drug-likeness (QED) is 0.757. The van der Waals surface area contributed by atoms with Crippen LogP contribution in [0.15, 0.2) is 55.1 Å². The Morgan fingerprint density at radius 3 is 2.80 bits per heavy atom. The van der Waals surface area contributed by atoms with Crippen molar-refractivity contribution in [1.82, 2.24) is 4.90 Å². The van der Waals surface area contributed by atoms with Gasteiger partial charge in [0.15, 0.2) is 0 Å². The lowest BCUT2D eigenvalue weighted by Crippen LogP contribution is -2.46. The molecule has 130 valence electrons. The van der Waals surface area contributed by atoms with E-state index in [-0.39, 0.29) is 18.0 Å². The molecular formula is C20H20NO4-. The van der Waals surface area contributed by atoms with Crippen molar-refractivity contribution in [2.45, 2.75) is 37.1 Å². The molecule has 0 saturated carbocycles. The number of carboxylic acids is 1. The summed E-state index contributed by atoms with van der Waals surface area (Å²) in [5.41, 5.74) is 0.105. The van der Waals surface area contributed by atoms with Crippen LogP contribution in [0.2, 0.25) is 0 Å². The van der Waals surface area contributed by atoms with Crippen LogP contribution in [-0.2, 0) is 14.3 Å². The molecule has 3 aliphatic heterocycles. The Bertz CT molecular complexity index is 758. The Labute approximate surface area is 146 Å². The fourth-order valence-corrected chi connectivity index (χ4v) is 4.75. The van der Waals surface area contributed by atoms with E-state index in [1.807, 2.05) is 43.3 Å².